The second-order valence-corrected chi connectivity index (χ2v) is 8.33. The van der Waals surface area contributed by atoms with Crippen molar-refractivity contribution in [2.45, 2.75) is 32.7 Å². The summed E-state index contributed by atoms with van der Waals surface area (Å²) < 4.78 is 0. The van der Waals surface area contributed by atoms with E-state index in [9.17, 15) is 9.59 Å². The summed E-state index contributed by atoms with van der Waals surface area (Å²) in [6.45, 7) is 10.3. The highest BCUT2D eigenvalue weighted by Crippen LogP contribution is 2.14. The smallest absolute Gasteiger partial charge is 0.251 e. The third-order valence-electron chi connectivity index (χ3n) is 6.12. The SMILES string of the molecule is CN=C(NCCNC(=O)c1cccc(C)c1)N1CCN(C(C)C(=O)N2CCCC2)CC1.I. The number of hydrogen-bond acceptors (Lipinski definition) is 4. The molecule has 0 saturated carbocycles. The van der Waals surface area contributed by atoms with Crippen molar-refractivity contribution < 1.29 is 9.59 Å². The second-order valence-electron chi connectivity index (χ2n) is 8.33. The van der Waals surface area contributed by atoms with Crippen LogP contribution in [0.15, 0.2) is 29.3 Å². The van der Waals surface area contributed by atoms with Crippen LogP contribution in [-0.2, 0) is 4.79 Å². The maximum Gasteiger partial charge on any atom is 0.251 e. The van der Waals surface area contributed by atoms with Gasteiger partial charge in [0.05, 0.1) is 6.04 Å². The van der Waals surface area contributed by atoms with E-state index in [1.807, 2.05) is 43.0 Å². The van der Waals surface area contributed by atoms with Gasteiger partial charge in [0.25, 0.3) is 5.91 Å². The first kappa shape index (κ1) is 26.4. The normalized spacial score (nSPS) is 18.2. The fraction of sp³-hybridized carbons (Fsp3) is 0.609. The van der Waals surface area contributed by atoms with E-state index < -0.39 is 0 Å². The molecule has 2 amide bonds. The van der Waals surface area contributed by atoms with Crippen LogP contribution in [0.3, 0.4) is 0 Å². The topological polar surface area (TPSA) is 80.3 Å². The molecule has 2 aliphatic heterocycles. The summed E-state index contributed by atoms with van der Waals surface area (Å²) in [7, 11) is 1.78. The number of nitrogens with one attached hydrogen (secondary N) is 2. The fourth-order valence-electron chi connectivity index (χ4n) is 4.25. The summed E-state index contributed by atoms with van der Waals surface area (Å²) in [5, 5.41) is 6.28. The Morgan fingerprint density at radius 2 is 1.66 bits per heavy atom. The van der Waals surface area contributed by atoms with Crippen LogP contribution in [0.25, 0.3) is 0 Å². The van der Waals surface area contributed by atoms with Gasteiger partial charge < -0.3 is 20.4 Å². The molecule has 0 aromatic heterocycles. The molecule has 2 N–H and O–H groups in total. The van der Waals surface area contributed by atoms with Crippen LogP contribution >= 0.6 is 24.0 Å². The van der Waals surface area contributed by atoms with Gasteiger partial charge in [-0.05, 0) is 38.8 Å². The van der Waals surface area contributed by atoms with Crippen molar-refractivity contribution in [2.24, 2.45) is 4.99 Å². The fourth-order valence-corrected chi connectivity index (χ4v) is 4.25. The number of guanidine groups is 1. The Balaban J connectivity index is 0.00000363. The molecule has 0 bridgehead atoms. The minimum Gasteiger partial charge on any atom is -0.354 e. The zero-order valence-corrected chi connectivity index (χ0v) is 21.8. The number of hydrogen-bond donors (Lipinski definition) is 2. The maximum atomic E-state index is 12.7. The number of carbonyl (C=O) groups is 2. The molecular weight excluding hydrogens is 519 g/mol. The van der Waals surface area contributed by atoms with E-state index in [0.29, 0.717) is 18.7 Å². The number of carbonyl (C=O) groups excluding carboxylic acids is 2. The van der Waals surface area contributed by atoms with E-state index in [2.05, 4.69) is 25.4 Å². The molecule has 1 aromatic carbocycles. The van der Waals surface area contributed by atoms with Crippen molar-refractivity contribution in [1.82, 2.24) is 25.3 Å². The molecule has 0 aliphatic carbocycles. The summed E-state index contributed by atoms with van der Waals surface area (Å²) in [5.74, 6) is 1.03. The zero-order valence-electron chi connectivity index (χ0n) is 19.5. The van der Waals surface area contributed by atoms with Crippen molar-refractivity contribution in [3.63, 3.8) is 0 Å². The standard InChI is InChI=1S/C23H36N6O2.HI/c1-18-7-6-8-20(17-18)21(30)25-9-10-26-23(24-3)29-15-13-27(14-16-29)19(2)22(31)28-11-4-5-12-28;/h6-8,17,19H,4-5,9-16H2,1-3H3,(H,24,26)(H,25,30);1H. The number of benzene rings is 1. The highest BCUT2D eigenvalue weighted by atomic mass is 127. The number of rotatable bonds is 6. The number of aryl methyl sites for hydroxylation is 1. The number of nitrogens with zero attached hydrogens (tertiary/aromatic N) is 4. The lowest BCUT2D eigenvalue weighted by Crippen LogP contribution is -2.57. The molecule has 32 heavy (non-hydrogen) atoms. The molecule has 1 aromatic rings. The van der Waals surface area contributed by atoms with E-state index in [1.165, 1.54) is 0 Å². The Morgan fingerprint density at radius 3 is 2.28 bits per heavy atom. The Labute approximate surface area is 208 Å². The van der Waals surface area contributed by atoms with Crippen molar-refractivity contribution in [1.29, 1.82) is 0 Å². The molecule has 0 radical (unpaired) electrons. The molecule has 1 atom stereocenters. The van der Waals surface area contributed by atoms with Crippen molar-refractivity contribution >= 4 is 41.8 Å². The average molecular weight is 556 g/mol. The lowest BCUT2D eigenvalue weighted by Gasteiger charge is -2.39. The second kappa shape index (κ2) is 13.0. The van der Waals surface area contributed by atoms with Gasteiger partial charge in [-0.25, -0.2) is 0 Å². The van der Waals surface area contributed by atoms with Crippen LogP contribution in [0.5, 0.6) is 0 Å². The lowest BCUT2D eigenvalue weighted by atomic mass is 10.1. The molecule has 178 valence electrons. The molecule has 2 fully saturated rings. The van der Waals surface area contributed by atoms with Crippen LogP contribution < -0.4 is 10.6 Å². The van der Waals surface area contributed by atoms with Crippen LogP contribution in [0.2, 0.25) is 0 Å². The molecule has 3 rings (SSSR count). The Morgan fingerprint density at radius 1 is 1.00 bits per heavy atom. The van der Waals surface area contributed by atoms with E-state index in [-0.39, 0.29) is 41.8 Å². The lowest BCUT2D eigenvalue weighted by molar-refractivity contribution is -0.135. The summed E-state index contributed by atoms with van der Waals surface area (Å²) in [4.78, 5) is 35.8. The molecule has 9 heteroatoms. The monoisotopic (exact) mass is 556 g/mol. The Kier molecular flexibility index (Phi) is 10.7. The number of likely N-dealkylation sites (tertiary alicyclic amines) is 1. The third kappa shape index (κ3) is 7.06. The first-order valence-corrected chi connectivity index (χ1v) is 11.3. The molecule has 1 unspecified atom stereocenters. The molecule has 8 nitrogen and oxygen atoms in total. The first-order chi connectivity index (χ1) is 15.0. The maximum absolute atomic E-state index is 12.7. The van der Waals surface area contributed by atoms with Crippen molar-refractivity contribution in [3.8, 4) is 0 Å². The van der Waals surface area contributed by atoms with Gasteiger partial charge in [-0.3, -0.25) is 19.5 Å². The van der Waals surface area contributed by atoms with Gasteiger partial charge in [-0.1, -0.05) is 17.7 Å². The molecule has 2 saturated heterocycles. The minimum atomic E-state index is -0.0641. The summed E-state index contributed by atoms with van der Waals surface area (Å²) in [6, 6.07) is 7.52. The number of halogens is 1. The minimum absolute atomic E-state index is 0. The van der Waals surface area contributed by atoms with E-state index >= 15 is 0 Å². The van der Waals surface area contributed by atoms with Gasteiger partial charge >= 0.3 is 0 Å². The number of amides is 2. The van der Waals surface area contributed by atoms with Gasteiger partial charge in [0.2, 0.25) is 5.91 Å². The summed E-state index contributed by atoms with van der Waals surface area (Å²) in [6.07, 6.45) is 2.25. The van der Waals surface area contributed by atoms with Gasteiger partial charge in [-0.15, -0.1) is 24.0 Å². The van der Waals surface area contributed by atoms with Crippen molar-refractivity contribution in [3.05, 3.63) is 35.4 Å². The summed E-state index contributed by atoms with van der Waals surface area (Å²) >= 11 is 0. The third-order valence-corrected chi connectivity index (χ3v) is 6.12. The Bertz CT molecular complexity index is 788. The summed E-state index contributed by atoms with van der Waals surface area (Å²) in [5.41, 5.74) is 1.75. The van der Waals surface area contributed by atoms with Crippen LogP contribution in [-0.4, -0.2) is 97.9 Å². The van der Waals surface area contributed by atoms with Crippen LogP contribution in [0, 0.1) is 6.92 Å². The van der Waals surface area contributed by atoms with E-state index in [4.69, 9.17) is 0 Å². The van der Waals surface area contributed by atoms with Gasteiger partial charge in [-0.2, -0.15) is 0 Å². The molecule has 2 heterocycles. The zero-order chi connectivity index (χ0) is 22.2. The predicted octanol–water partition coefficient (Wildman–Crippen LogP) is 1.55. The van der Waals surface area contributed by atoms with Gasteiger partial charge in [0.1, 0.15) is 0 Å². The average Bonchev–Trinajstić information content (AvgIpc) is 3.33. The molecular formula is C23H37IN6O2. The number of aliphatic imine (C=N–C) groups is 1. The van der Waals surface area contributed by atoms with Gasteiger partial charge in [0, 0.05) is 65.0 Å². The largest absolute Gasteiger partial charge is 0.354 e. The van der Waals surface area contributed by atoms with Crippen LogP contribution in [0.4, 0.5) is 0 Å². The highest BCUT2D eigenvalue weighted by Gasteiger charge is 2.30. The van der Waals surface area contributed by atoms with Gasteiger partial charge in [0.15, 0.2) is 5.96 Å². The number of piperazine rings is 1. The predicted molar refractivity (Wildman–Crippen MR) is 139 cm³/mol. The van der Waals surface area contributed by atoms with E-state index in [0.717, 1.165) is 63.6 Å². The first-order valence-electron chi connectivity index (χ1n) is 11.3. The van der Waals surface area contributed by atoms with Crippen molar-refractivity contribution in [2.75, 3.05) is 59.4 Å². The highest BCUT2D eigenvalue weighted by molar-refractivity contribution is 14.0. The Hall–Kier alpha value is -1.88. The molecule has 0 spiro atoms. The molecule has 2 aliphatic rings. The quantitative estimate of drug-likeness (QED) is 0.241. The van der Waals surface area contributed by atoms with E-state index in [1.54, 1.807) is 7.05 Å². The van der Waals surface area contributed by atoms with Crippen LogP contribution in [0.1, 0.15) is 35.7 Å².